The molecule has 7 nitrogen and oxygen atoms in total. The summed E-state index contributed by atoms with van der Waals surface area (Å²) in [6, 6.07) is 12.3. The van der Waals surface area contributed by atoms with Crippen LogP contribution in [0.15, 0.2) is 42.5 Å². The van der Waals surface area contributed by atoms with E-state index in [2.05, 4.69) is 16.0 Å². The minimum Gasteiger partial charge on any atom is -0.376 e. The van der Waals surface area contributed by atoms with E-state index in [1.807, 2.05) is 13.0 Å². The Bertz CT molecular complexity index is 860. The normalized spacial score (nSPS) is 10.1. The lowest BCUT2D eigenvalue weighted by Crippen LogP contribution is -2.22. The molecule has 3 amide bonds. The van der Waals surface area contributed by atoms with Gasteiger partial charge in [-0.3, -0.25) is 14.4 Å². The quantitative estimate of drug-likeness (QED) is 0.686. The molecule has 0 fully saturated rings. The highest BCUT2D eigenvalue weighted by Crippen LogP contribution is 2.20. The molecule has 148 valence electrons. The standard InChI is InChI=1S/C21H26N4O3/c1-5-19(26)24-18-12-17(9-6-14(18)2)23-20(27)13-22-16-10-7-15(8-11-16)21(28)25(3)4/h6-12,22H,5,13H2,1-4H3,(H,23,27)(H,24,26). The van der Waals surface area contributed by atoms with Crippen molar-refractivity contribution >= 4 is 34.8 Å². The van der Waals surface area contributed by atoms with Gasteiger partial charge in [0.05, 0.1) is 6.54 Å². The van der Waals surface area contributed by atoms with Crippen LogP contribution in [0.25, 0.3) is 0 Å². The Hall–Kier alpha value is -3.35. The molecule has 0 unspecified atom stereocenters. The van der Waals surface area contributed by atoms with Crippen LogP contribution in [0.5, 0.6) is 0 Å². The molecular formula is C21H26N4O3. The Morgan fingerprint density at radius 2 is 1.54 bits per heavy atom. The lowest BCUT2D eigenvalue weighted by Gasteiger charge is -2.12. The molecule has 2 aromatic rings. The van der Waals surface area contributed by atoms with Crippen LogP contribution in [-0.2, 0) is 9.59 Å². The molecule has 0 heterocycles. The average molecular weight is 382 g/mol. The number of benzene rings is 2. The van der Waals surface area contributed by atoms with Gasteiger partial charge in [-0.25, -0.2) is 0 Å². The first kappa shape index (κ1) is 21.0. The Morgan fingerprint density at radius 1 is 0.893 bits per heavy atom. The fourth-order valence-corrected chi connectivity index (χ4v) is 2.45. The number of carbonyl (C=O) groups excluding carboxylic acids is 3. The number of aryl methyl sites for hydroxylation is 1. The lowest BCUT2D eigenvalue weighted by atomic mass is 10.1. The summed E-state index contributed by atoms with van der Waals surface area (Å²) in [5, 5.41) is 8.64. The van der Waals surface area contributed by atoms with E-state index in [4.69, 9.17) is 0 Å². The van der Waals surface area contributed by atoms with Crippen molar-refractivity contribution < 1.29 is 14.4 Å². The number of hydrogen-bond donors (Lipinski definition) is 3. The van der Waals surface area contributed by atoms with E-state index in [1.165, 1.54) is 4.90 Å². The molecule has 0 aliphatic rings. The van der Waals surface area contributed by atoms with Crippen LogP contribution < -0.4 is 16.0 Å². The summed E-state index contributed by atoms with van der Waals surface area (Å²) in [7, 11) is 3.39. The summed E-state index contributed by atoms with van der Waals surface area (Å²) < 4.78 is 0. The Balaban J connectivity index is 1.93. The maximum atomic E-state index is 12.2. The number of nitrogens with zero attached hydrogens (tertiary/aromatic N) is 1. The first-order valence-corrected chi connectivity index (χ1v) is 9.06. The molecule has 0 saturated carbocycles. The number of nitrogens with one attached hydrogen (secondary N) is 3. The van der Waals surface area contributed by atoms with E-state index >= 15 is 0 Å². The summed E-state index contributed by atoms with van der Waals surface area (Å²) >= 11 is 0. The van der Waals surface area contributed by atoms with Gasteiger partial charge in [-0.05, 0) is 48.9 Å². The molecule has 0 saturated heterocycles. The minimum absolute atomic E-state index is 0.0744. The number of anilines is 3. The summed E-state index contributed by atoms with van der Waals surface area (Å²) in [4.78, 5) is 37.2. The van der Waals surface area contributed by atoms with Gasteiger partial charge in [0.25, 0.3) is 5.91 Å². The third-order valence-electron chi connectivity index (χ3n) is 4.11. The van der Waals surface area contributed by atoms with Crippen molar-refractivity contribution in [3.63, 3.8) is 0 Å². The highest BCUT2D eigenvalue weighted by Gasteiger charge is 2.09. The topological polar surface area (TPSA) is 90.5 Å². The second-order valence-corrected chi connectivity index (χ2v) is 6.61. The molecule has 2 aromatic carbocycles. The molecule has 0 aromatic heterocycles. The minimum atomic E-state index is -0.218. The zero-order valence-electron chi connectivity index (χ0n) is 16.6. The molecule has 0 bridgehead atoms. The molecule has 0 atom stereocenters. The predicted octanol–water partition coefficient (Wildman–Crippen LogP) is 3.10. The van der Waals surface area contributed by atoms with Gasteiger partial charge in [0.1, 0.15) is 0 Å². The Morgan fingerprint density at radius 3 is 2.14 bits per heavy atom. The van der Waals surface area contributed by atoms with Crippen molar-refractivity contribution in [1.29, 1.82) is 0 Å². The van der Waals surface area contributed by atoms with Crippen LogP contribution in [0.4, 0.5) is 17.1 Å². The molecular weight excluding hydrogens is 356 g/mol. The van der Waals surface area contributed by atoms with Crippen LogP contribution in [0.2, 0.25) is 0 Å². The molecule has 7 heteroatoms. The first-order valence-electron chi connectivity index (χ1n) is 9.06. The summed E-state index contributed by atoms with van der Waals surface area (Å²) in [6.07, 6.45) is 0.388. The van der Waals surface area contributed by atoms with Crippen LogP contribution in [0.3, 0.4) is 0 Å². The maximum absolute atomic E-state index is 12.2. The van der Waals surface area contributed by atoms with Crippen LogP contribution in [0.1, 0.15) is 29.3 Å². The maximum Gasteiger partial charge on any atom is 0.253 e. The van der Waals surface area contributed by atoms with Gasteiger partial charge < -0.3 is 20.9 Å². The van der Waals surface area contributed by atoms with Gasteiger partial charge in [-0.1, -0.05) is 13.0 Å². The largest absolute Gasteiger partial charge is 0.376 e. The second kappa shape index (κ2) is 9.55. The van der Waals surface area contributed by atoms with Crippen molar-refractivity contribution in [2.24, 2.45) is 0 Å². The molecule has 0 radical (unpaired) electrons. The Kier molecular flexibility index (Phi) is 7.14. The second-order valence-electron chi connectivity index (χ2n) is 6.61. The van der Waals surface area contributed by atoms with Crippen molar-refractivity contribution in [3.05, 3.63) is 53.6 Å². The van der Waals surface area contributed by atoms with E-state index < -0.39 is 0 Å². The fraction of sp³-hybridized carbons (Fsp3) is 0.286. The van der Waals surface area contributed by atoms with Gasteiger partial charge >= 0.3 is 0 Å². The number of rotatable bonds is 7. The van der Waals surface area contributed by atoms with E-state index in [0.29, 0.717) is 23.4 Å². The fourth-order valence-electron chi connectivity index (χ4n) is 2.45. The van der Waals surface area contributed by atoms with E-state index in [-0.39, 0.29) is 24.3 Å². The monoisotopic (exact) mass is 382 g/mol. The van der Waals surface area contributed by atoms with E-state index in [1.54, 1.807) is 57.4 Å². The van der Waals surface area contributed by atoms with E-state index in [9.17, 15) is 14.4 Å². The molecule has 0 spiro atoms. The summed E-state index contributed by atoms with van der Waals surface area (Å²) in [5.74, 6) is -0.371. The van der Waals surface area contributed by atoms with Crippen molar-refractivity contribution in [3.8, 4) is 0 Å². The summed E-state index contributed by atoms with van der Waals surface area (Å²) in [6.45, 7) is 3.75. The number of hydrogen-bond acceptors (Lipinski definition) is 4. The number of carbonyl (C=O) groups is 3. The Labute approximate surface area is 165 Å². The lowest BCUT2D eigenvalue weighted by molar-refractivity contribution is -0.116. The summed E-state index contributed by atoms with van der Waals surface area (Å²) in [5.41, 5.74) is 3.53. The average Bonchev–Trinajstić information content (AvgIpc) is 2.68. The number of amides is 3. The van der Waals surface area contributed by atoms with Gasteiger partial charge in [-0.2, -0.15) is 0 Å². The van der Waals surface area contributed by atoms with Crippen molar-refractivity contribution in [2.75, 3.05) is 36.6 Å². The molecule has 28 heavy (non-hydrogen) atoms. The smallest absolute Gasteiger partial charge is 0.253 e. The highest BCUT2D eigenvalue weighted by atomic mass is 16.2. The van der Waals surface area contributed by atoms with Crippen LogP contribution in [-0.4, -0.2) is 43.3 Å². The SMILES string of the molecule is CCC(=O)Nc1cc(NC(=O)CNc2ccc(C(=O)N(C)C)cc2)ccc1C. The first-order chi connectivity index (χ1) is 13.3. The van der Waals surface area contributed by atoms with Gasteiger partial charge in [0, 0.05) is 43.1 Å². The van der Waals surface area contributed by atoms with E-state index in [0.717, 1.165) is 11.3 Å². The third kappa shape index (κ3) is 5.84. The van der Waals surface area contributed by atoms with Gasteiger partial charge in [-0.15, -0.1) is 0 Å². The van der Waals surface area contributed by atoms with Gasteiger partial charge in [0.2, 0.25) is 11.8 Å². The third-order valence-corrected chi connectivity index (χ3v) is 4.11. The molecule has 2 rings (SSSR count). The zero-order valence-corrected chi connectivity index (χ0v) is 16.6. The molecule has 0 aliphatic carbocycles. The van der Waals surface area contributed by atoms with Crippen LogP contribution >= 0.6 is 0 Å². The zero-order chi connectivity index (χ0) is 20.7. The molecule has 0 aliphatic heterocycles. The van der Waals surface area contributed by atoms with Crippen LogP contribution in [0, 0.1) is 6.92 Å². The van der Waals surface area contributed by atoms with Crippen molar-refractivity contribution in [2.45, 2.75) is 20.3 Å². The highest BCUT2D eigenvalue weighted by molar-refractivity contribution is 5.96. The predicted molar refractivity (Wildman–Crippen MR) is 112 cm³/mol. The van der Waals surface area contributed by atoms with Crippen molar-refractivity contribution in [1.82, 2.24) is 4.90 Å². The van der Waals surface area contributed by atoms with Gasteiger partial charge in [0.15, 0.2) is 0 Å². The molecule has 3 N–H and O–H groups in total.